The first-order valence-electron chi connectivity index (χ1n) is 10.2. The fourth-order valence-corrected chi connectivity index (χ4v) is 1.39. The monoisotopic (exact) mass is 403 g/mol. The first-order valence-corrected chi connectivity index (χ1v) is 10.2. The summed E-state index contributed by atoms with van der Waals surface area (Å²) in [6.45, 7) is 22.8. The van der Waals surface area contributed by atoms with Crippen LogP contribution in [0.1, 0.15) is 83.1 Å². The second-order valence-electron chi connectivity index (χ2n) is 8.39. The van der Waals surface area contributed by atoms with Crippen LogP contribution in [0, 0.1) is 11.8 Å². The Hall–Kier alpha value is -1.79. The molecule has 0 aromatic rings. The molecular weight excluding hydrogens is 358 g/mol. The van der Waals surface area contributed by atoms with E-state index in [1.54, 1.807) is 0 Å². The quantitative estimate of drug-likeness (QED) is 0.627. The molecule has 0 spiro atoms. The van der Waals surface area contributed by atoms with Crippen LogP contribution in [0.15, 0.2) is 0 Å². The lowest BCUT2D eigenvalue weighted by atomic mass is 10.2. The van der Waals surface area contributed by atoms with Gasteiger partial charge in [0.05, 0.1) is 6.10 Å². The molecule has 0 radical (unpaired) electrons. The summed E-state index contributed by atoms with van der Waals surface area (Å²) in [6, 6.07) is 0.672. The van der Waals surface area contributed by atoms with Gasteiger partial charge in [-0.05, 0) is 55.4 Å². The Labute approximate surface area is 172 Å². The van der Waals surface area contributed by atoms with Crippen molar-refractivity contribution in [1.29, 1.82) is 0 Å². The number of carbonyl (C=O) groups excluding carboxylic acids is 3. The fraction of sp³-hybridized carbons (Fsp3) is 0.857. The van der Waals surface area contributed by atoms with Crippen LogP contribution in [0.5, 0.6) is 0 Å². The molecule has 0 unspecified atom stereocenters. The zero-order chi connectivity index (χ0) is 23.0. The number of amides is 3. The largest absolute Gasteiger partial charge is 0.447 e. The second kappa shape index (κ2) is 17.3. The van der Waals surface area contributed by atoms with Crippen LogP contribution in [-0.4, -0.2) is 42.1 Å². The third kappa shape index (κ3) is 26.4. The number of nitrogens with one attached hydrogen (secondary N) is 3. The second-order valence-corrected chi connectivity index (χ2v) is 8.39. The van der Waals surface area contributed by atoms with E-state index < -0.39 is 0 Å². The fourth-order valence-electron chi connectivity index (χ4n) is 1.39. The first kappa shape index (κ1) is 30.9. The number of carbonyl (C=O) groups is 3. The third-order valence-electron chi connectivity index (χ3n) is 2.66. The van der Waals surface area contributed by atoms with Crippen LogP contribution in [-0.2, 0) is 14.3 Å². The molecule has 0 atom stereocenters. The molecule has 0 aliphatic heterocycles. The standard InChI is InChI=1S/C7H15NO2.2C7H15NO/c1-5(2)8-7(9)10-6(3)4;2*1-5(2)7(9)8-6(3)4/h5-6H,1-4H3,(H,8,9);2*5-6H,1-4H3,(H,8,9). The zero-order valence-corrected chi connectivity index (χ0v) is 20.1. The van der Waals surface area contributed by atoms with E-state index in [1.165, 1.54) is 0 Å². The van der Waals surface area contributed by atoms with E-state index in [0.29, 0.717) is 0 Å². The normalized spacial score (nSPS) is 10.4. The number of hydrogen-bond donors (Lipinski definition) is 3. The molecule has 0 aromatic heterocycles. The molecule has 0 heterocycles. The van der Waals surface area contributed by atoms with E-state index in [9.17, 15) is 14.4 Å². The number of rotatable bonds is 6. The van der Waals surface area contributed by atoms with Crippen molar-refractivity contribution < 1.29 is 19.1 Å². The van der Waals surface area contributed by atoms with Gasteiger partial charge in [0.1, 0.15) is 0 Å². The molecule has 168 valence electrons. The van der Waals surface area contributed by atoms with Crippen LogP contribution in [0.2, 0.25) is 0 Å². The maximum atomic E-state index is 10.8. The Morgan fingerprint density at radius 3 is 0.964 bits per heavy atom. The molecule has 28 heavy (non-hydrogen) atoms. The summed E-state index contributed by atoms with van der Waals surface area (Å²) in [7, 11) is 0. The lowest BCUT2D eigenvalue weighted by Crippen LogP contribution is -2.33. The number of alkyl carbamates (subject to hydrolysis) is 1. The lowest BCUT2D eigenvalue weighted by molar-refractivity contribution is -0.125. The molecule has 7 nitrogen and oxygen atoms in total. The minimum atomic E-state index is -0.343. The van der Waals surface area contributed by atoms with Gasteiger partial charge in [0.2, 0.25) is 11.8 Å². The van der Waals surface area contributed by atoms with Crippen molar-refractivity contribution in [3.63, 3.8) is 0 Å². The van der Waals surface area contributed by atoms with Crippen molar-refractivity contribution in [2.45, 2.75) is 107 Å². The summed E-state index contributed by atoms with van der Waals surface area (Å²) in [6.07, 6.45) is -0.385. The summed E-state index contributed by atoms with van der Waals surface area (Å²) >= 11 is 0. The van der Waals surface area contributed by atoms with Gasteiger partial charge in [0.25, 0.3) is 0 Å². The Balaban J connectivity index is -0.000000336. The molecule has 0 saturated carbocycles. The van der Waals surface area contributed by atoms with Crippen LogP contribution < -0.4 is 16.0 Å². The van der Waals surface area contributed by atoms with Crippen LogP contribution in [0.3, 0.4) is 0 Å². The van der Waals surface area contributed by atoms with Crippen molar-refractivity contribution in [3.05, 3.63) is 0 Å². The molecule has 0 fully saturated rings. The molecule has 0 aliphatic carbocycles. The van der Waals surface area contributed by atoms with Gasteiger partial charge in [-0.2, -0.15) is 0 Å². The van der Waals surface area contributed by atoms with Gasteiger partial charge in [0.15, 0.2) is 0 Å². The Kier molecular flexibility index (Phi) is 19.1. The molecule has 0 aliphatic rings. The van der Waals surface area contributed by atoms with E-state index in [-0.39, 0.29) is 54.0 Å². The average molecular weight is 404 g/mol. The summed E-state index contributed by atoms with van der Waals surface area (Å²) in [5.41, 5.74) is 0. The molecular formula is C21H45N3O4. The smallest absolute Gasteiger partial charge is 0.407 e. The predicted molar refractivity (Wildman–Crippen MR) is 116 cm³/mol. The summed E-state index contributed by atoms with van der Waals surface area (Å²) < 4.78 is 4.81. The third-order valence-corrected chi connectivity index (χ3v) is 2.66. The van der Waals surface area contributed by atoms with Gasteiger partial charge in [-0.1, -0.05) is 27.7 Å². The van der Waals surface area contributed by atoms with Crippen molar-refractivity contribution in [2.24, 2.45) is 11.8 Å². The van der Waals surface area contributed by atoms with Crippen molar-refractivity contribution in [3.8, 4) is 0 Å². The summed E-state index contributed by atoms with van der Waals surface area (Å²) in [4.78, 5) is 32.4. The summed E-state index contributed by atoms with van der Waals surface area (Å²) in [5, 5.41) is 8.22. The first-order chi connectivity index (χ1) is 12.6. The van der Waals surface area contributed by atoms with Gasteiger partial charge in [-0.15, -0.1) is 0 Å². The highest BCUT2D eigenvalue weighted by Crippen LogP contribution is 1.92. The van der Waals surface area contributed by atoms with Gasteiger partial charge < -0.3 is 20.7 Å². The average Bonchev–Trinajstić information content (AvgIpc) is 2.44. The maximum absolute atomic E-state index is 10.8. The molecule has 0 saturated heterocycles. The highest BCUT2D eigenvalue weighted by atomic mass is 16.6. The maximum Gasteiger partial charge on any atom is 0.407 e. The topological polar surface area (TPSA) is 96.5 Å². The number of ether oxygens (including phenoxy) is 1. The van der Waals surface area contributed by atoms with Gasteiger partial charge in [-0.25, -0.2) is 4.79 Å². The SMILES string of the molecule is CC(C)NC(=O)C(C)C.CC(C)NC(=O)C(C)C.CC(C)NC(=O)OC(C)C. The molecule has 3 amide bonds. The van der Waals surface area contributed by atoms with E-state index in [1.807, 2.05) is 83.1 Å². The molecule has 7 heteroatoms. The minimum Gasteiger partial charge on any atom is -0.447 e. The molecule has 0 bridgehead atoms. The Morgan fingerprint density at radius 2 is 0.821 bits per heavy atom. The van der Waals surface area contributed by atoms with Gasteiger partial charge in [0, 0.05) is 30.0 Å². The highest BCUT2D eigenvalue weighted by molar-refractivity contribution is 5.78. The Bertz CT molecular complexity index is 393. The molecule has 0 rings (SSSR count). The molecule has 0 aromatic carbocycles. The van der Waals surface area contributed by atoms with Crippen molar-refractivity contribution in [1.82, 2.24) is 16.0 Å². The van der Waals surface area contributed by atoms with Gasteiger partial charge in [-0.3, -0.25) is 9.59 Å². The zero-order valence-electron chi connectivity index (χ0n) is 20.1. The lowest BCUT2D eigenvalue weighted by Gasteiger charge is -2.11. The van der Waals surface area contributed by atoms with Gasteiger partial charge >= 0.3 is 6.09 Å². The Morgan fingerprint density at radius 1 is 0.536 bits per heavy atom. The van der Waals surface area contributed by atoms with E-state index in [0.717, 1.165) is 0 Å². The minimum absolute atomic E-state index is 0.0428. The van der Waals surface area contributed by atoms with E-state index in [2.05, 4.69) is 16.0 Å². The van der Waals surface area contributed by atoms with Crippen LogP contribution >= 0.6 is 0 Å². The predicted octanol–water partition coefficient (Wildman–Crippen LogP) is 3.86. The number of hydrogen-bond acceptors (Lipinski definition) is 4. The molecule has 3 N–H and O–H groups in total. The van der Waals surface area contributed by atoms with Crippen molar-refractivity contribution in [2.75, 3.05) is 0 Å². The van der Waals surface area contributed by atoms with Crippen molar-refractivity contribution >= 4 is 17.9 Å². The highest BCUT2D eigenvalue weighted by Gasteiger charge is 2.07. The van der Waals surface area contributed by atoms with E-state index in [4.69, 9.17) is 4.74 Å². The summed E-state index contributed by atoms with van der Waals surface area (Å²) in [5.74, 6) is 0.467. The van der Waals surface area contributed by atoms with E-state index >= 15 is 0 Å². The van der Waals surface area contributed by atoms with Crippen LogP contribution in [0.4, 0.5) is 4.79 Å². The van der Waals surface area contributed by atoms with Crippen LogP contribution in [0.25, 0.3) is 0 Å².